The third-order valence-electron chi connectivity index (χ3n) is 3.01. The Kier molecular flexibility index (Phi) is 6.80. The van der Waals surface area contributed by atoms with Crippen LogP contribution in [0.5, 0.6) is 0 Å². The second kappa shape index (κ2) is 8.11. The Labute approximate surface area is 125 Å². The molecule has 1 aromatic rings. The normalized spacial score (nSPS) is 11.8. The zero-order valence-electron chi connectivity index (χ0n) is 12.0. The van der Waals surface area contributed by atoms with E-state index >= 15 is 0 Å². The first kappa shape index (κ1) is 17.6. The molecule has 0 saturated carbocycles. The van der Waals surface area contributed by atoms with Crippen LogP contribution in [0.15, 0.2) is 29.2 Å². The summed E-state index contributed by atoms with van der Waals surface area (Å²) in [5, 5.41) is 17.6. The third-order valence-corrected chi connectivity index (χ3v) is 4.92. The maximum absolute atomic E-state index is 12.4. The van der Waals surface area contributed by atoms with E-state index in [0.717, 1.165) is 5.56 Å². The molecule has 0 saturated heterocycles. The van der Waals surface area contributed by atoms with Crippen LogP contribution in [-0.2, 0) is 21.2 Å². The van der Waals surface area contributed by atoms with Crippen LogP contribution in [0.4, 0.5) is 0 Å². The van der Waals surface area contributed by atoms with Gasteiger partial charge in [0, 0.05) is 19.5 Å². The monoisotopic (exact) mass is 315 g/mol. The van der Waals surface area contributed by atoms with E-state index in [-0.39, 0.29) is 24.5 Å². The number of carboxylic acids is 1. The summed E-state index contributed by atoms with van der Waals surface area (Å²) in [5.74, 6) is -0.885. The number of aliphatic hydroxyl groups excluding tert-OH is 1. The molecule has 0 aromatic heterocycles. The van der Waals surface area contributed by atoms with Gasteiger partial charge in [0.05, 0.1) is 11.5 Å². The van der Waals surface area contributed by atoms with E-state index in [1.54, 1.807) is 12.1 Å². The summed E-state index contributed by atoms with van der Waals surface area (Å²) in [5.41, 5.74) is 0.778. The second-order valence-corrected chi connectivity index (χ2v) is 6.60. The van der Waals surface area contributed by atoms with Crippen molar-refractivity contribution in [2.45, 2.75) is 31.1 Å². The van der Waals surface area contributed by atoms with E-state index < -0.39 is 16.0 Å². The highest BCUT2D eigenvalue weighted by Crippen LogP contribution is 2.17. The molecule has 0 spiro atoms. The highest BCUT2D eigenvalue weighted by atomic mass is 32.2. The first-order valence-electron chi connectivity index (χ1n) is 6.83. The van der Waals surface area contributed by atoms with Crippen LogP contribution in [0, 0.1) is 0 Å². The summed E-state index contributed by atoms with van der Waals surface area (Å²) in [4.78, 5) is 10.7. The average molecular weight is 315 g/mol. The van der Waals surface area contributed by atoms with E-state index in [4.69, 9.17) is 10.2 Å². The van der Waals surface area contributed by atoms with Gasteiger partial charge in [-0.3, -0.25) is 4.79 Å². The van der Waals surface area contributed by atoms with Gasteiger partial charge in [0.15, 0.2) is 0 Å². The van der Waals surface area contributed by atoms with Crippen LogP contribution in [-0.4, -0.2) is 48.6 Å². The Morgan fingerprint density at radius 2 is 1.81 bits per heavy atom. The van der Waals surface area contributed by atoms with Gasteiger partial charge in [-0.15, -0.1) is 0 Å². The Morgan fingerprint density at radius 1 is 1.19 bits per heavy atom. The molecule has 0 atom stereocenters. The lowest BCUT2D eigenvalue weighted by Crippen LogP contribution is -2.34. The first-order chi connectivity index (χ1) is 9.91. The minimum Gasteiger partial charge on any atom is -0.481 e. The zero-order chi connectivity index (χ0) is 15.9. The van der Waals surface area contributed by atoms with Gasteiger partial charge in [-0.25, -0.2) is 8.42 Å². The zero-order valence-corrected chi connectivity index (χ0v) is 12.8. The van der Waals surface area contributed by atoms with Gasteiger partial charge in [-0.2, -0.15) is 4.31 Å². The smallest absolute Gasteiger partial charge is 0.303 e. The topological polar surface area (TPSA) is 94.9 Å². The molecule has 1 aromatic carbocycles. The van der Waals surface area contributed by atoms with Gasteiger partial charge in [0.25, 0.3) is 0 Å². The molecule has 0 fully saturated rings. The molecule has 7 heteroatoms. The first-order valence-corrected chi connectivity index (χ1v) is 8.27. The quantitative estimate of drug-likeness (QED) is 0.711. The van der Waals surface area contributed by atoms with Crippen molar-refractivity contribution in [3.05, 3.63) is 29.8 Å². The lowest BCUT2D eigenvalue weighted by Gasteiger charge is -2.20. The summed E-state index contributed by atoms with van der Waals surface area (Å²) in [6.07, 6.45) is 1.04. The largest absolute Gasteiger partial charge is 0.481 e. The Bertz CT molecular complexity index is 547. The minimum atomic E-state index is -3.62. The van der Waals surface area contributed by atoms with Crippen molar-refractivity contribution in [2.24, 2.45) is 0 Å². The van der Waals surface area contributed by atoms with Gasteiger partial charge in [0.1, 0.15) is 0 Å². The number of hydrogen-bond acceptors (Lipinski definition) is 4. The summed E-state index contributed by atoms with van der Waals surface area (Å²) >= 11 is 0. The summed E-state index contributed by atoms with van der Waals surface area (Å²) < 4.78 is 26.1. The van der Waals surface area contributed by atoms with Crippen molar-refractivity contribution in [3.63, 3.8) is 0 Å². The van der Waals surface area contributed by atoms with Gasteiger partial charge in [-0.05, 0) is 30.5 Å². The molecule has 0 aliphatic rings. The van der Waals surface area contributed by atoms with Gasteiger partial charge in [-0.1, -0.05) is 19.1 Å². The van der Waals surface area contributed by atoms with Crippen LogP contribution in [0.2, 0.25) is 0 Å². The predicted molar refractivity (Wildman–Crippen MR) is 78.5 cm³/mol. The highest BCUT2D eigenvalue weighted by Gasteiger charge is 2.23. The summed E-state index contributed by atoms with van der Waals surface area (Å²) in [6.45, 7) is 2.06. The van der Waals surface area contributed by atoms with Crippen molar-refractivity contribution in [1.29, 1.82) is 0 Å². The molecular weight excluding hydrogens is 294 g/mol. The maximum atomic E-state index is 12.4. The molecule has 0 aliphatic carbocycles. The Morgan fingerprint density at radius 3 is 2.29 bits per heavy atom. The van der Waals surface area contributed by atoms with Crippen molar-refractivity contribution in [2.75, 3.05) is 19.7 Å². The molecule has 0 unspecified atom stereocenters. The number of carboxylic acid groups (broad SMARTS) is 1. The number of sulfonamides is 1. The van der Waals surface area contributed by atoms with E-state index in [1.165, 1.54) is 16.4 Å². The fourth-order valence-electron chi connectivity index (χ4n) is 1.94. The number of hydrogen-bond donors (Lipinski definition) is 2. The molecule has 0 aliphatic heterocycles. The van der Waals surface area contributed by atoms with E-state index in [0.29, 0.717) is 19.4 Å². The summed E-state index contributed by atoms with van der Waals surface area (Å²) in [7, 11) is -3.62. The van der Waals surface area contributed by atoms with Crippen molar-refractivity contribution in [3.8, 4) is 0 Å². The standard InChI is InChI=1S/C14H21NO5S/c1-2-9-15(10-11-16)21(19,20)13-6-3-12(4-7-13)5-8-14(17)18/h3-4,6-7,16H,2,5,8-11H2,1H3,(H,17,18). The third kappa shape index (κ3) is 5.11. The van der Waals surface area contributed by atoms with Crippen molar-refractivity contribution in [1.82, 2.24) is 4.31 Å². The Hall–Kier alpha value is -1.44. The molecule has 0 bridgehead atoms. The fourth-order valence-corrected chi connectivity index (χ4v) is 3.46. The van der Waals surface area contributed by atoms with Gasteiger partial charge in [0.2, 0.25) is 10.0 Å². The molecule has 6 nitrogen and oxygen atoms in total. The predicted octanol–water partition coefficient (Wildman–Crippen LogP) is 1.10. The van der Waals surface area contributed by atoms with E-state index in [2.05, 4.69) is 0 Å². The van der Waals surface area contributed by atoms with Crippen LogP contribution in [0.1, 0.15) is 25.3 Å². The van der Waals surface area contributed by atoms with Crippen LogP contribution in [0.3, 0.4) is 0 Å². The SMILES string of the molecule is CCCN(CCO)S(=O)(=O)c1ccc(CCC(=O)O)cc1. The average Bonchev–Trinajstić information content (AvgIpc) is 2.45. The number of benzene rings is 1. The number of aliphatic carboxylic acids is 1. The molecular formula is C14H21NO5S. The number of aryl methyl sites for hydroxylation is 1. The fraction of sp³-hybridized carbons (Fsp3) is 0.500. The molecule has 0 amide bonds. The van der Waals surface area contributed by atoms with Crippen molar-refractivity contribution < 1.29 is 23.4 Å². The molecule has 118 valence electrons. The van der Waals surface area contributed by atoms with Crippen LogP contribution >= 0.6 is 0 Å². The maximum Gasteiger partial charge on any atom is 0.303 e. The van der Waals surface area contributed by atoms with Gasteiger partial charge >= 0.3 is 5.97 Å². The number of carbonyl (C=O) groups is 1. The number of aliphatic hydroxyl groups is 1. The molecule has 1 rings (SSSR count). The number of rotatable bonds is 9. The lowest BCUT2D eigenvalue weighted by molar-refractivity contribution is -0.136. The summed E-state index contributed by atoms with van der Waals surface area (Å²) in [6, 6.07) is 6.21. The van der Waals surface area contributed by atoms with E-state index in [9.17, 15) is 13.2 Å². The Balaban J connectivity index is 2.90. The van der Waals surface area contributed by atoms with Crippen LogP contribution < -0.4 is 0 Å². The molecule has 21 heavy (non-hydrogen) atoms. The second-order valence-electron chi connectivity index (χ2n) is 4.67. The molecule has 0 heterocycles. The lowest BCUT2D eigenvalue weighted by atomic mass is 10.1. The highest BCUT2D eigenvalue weighted by molar-refractivity contribution is 7.89. The number of nitrogens with zero attached hydrogens (tertiary/aromatic N) is 1. The van der Waals surface area contributed by atoms with Crippen LogP contribution in [0.25, 0.3) is 0 Å². The minimum absolute atomic E-state index is 0.0125. The van der Waals surface area contributed by atoms with Crippen molar-refractivity contribution >= 4 is 16.0 Å². The van der Waals surface area contributed by atoms with Gasteiger partial charge < -0.3 is 10.2 Å². The molecule has 0 radical (unpaired) electrons. The van der Waals surface area contributed by atoms with E-state index in [1.807, 2.05) is 6.92 Å². The molecule has 2 N–H and O–H groups in total.